The summed E-state index contributed by atoms with van der Waals surface area (Å²) in [5, 5.41) is 6.85. The van der Waals surface area contributed by atoms with Gasteiger partial charge in [0.1, 0.15) is 0 Å². The van der Waals surface area contributed by atoms with Crippen LogP contribution in [-0.2, 0) is 4.74 Å². The Morgan fingerprint density at radius 3 is 2.44 bits per heavy atom. The highest BCUT2D eigenvalue weighted by atomic mass is 32.1. The molecule has 2 rings (SSSR count). The Labute approximate surface area is 164 Å². The van der Waals surface area contributed by atoms with Gasteiger partial charge in [-0.1, -0.05) is 19.1 Å². The molecule has 0 unspecified atom stereocenters. The van der Waals surface area contributed by atoms with E-state index in [0.29, 0.717) is 27.9 Å². The molecular weight excluding hydrogens is 364 g/mol. The second kappa shape index (κ2) is 9.78. The van der Waals surface area contributed by atoms with Crippen LogP contribution in [0.15, 0.2) is 42.5 Å². The summed E-state index contributed by atoms with van der Waals surface area (Å²) in [7, 11) is 4.56. The van der Waals surface area contributed by atoms with Crippen LogP contribution < -0.4 is 20.1 Å². The molecule has 0 heterocycles. The van der Waals surface area contributed by atoms with Gasteiger partial charge in [-0.25, -0.2) is 4.79 Å². The number of hydrogen-bond acceptors (Lipinski definition) is 5. The smallest absolute Gasteiger partial charge is 0.337 e. The fourth-order valence-corrected chi connectivity index (χ4v) is 2.92. The molecule has 0 spiro atoms. The highest BCUT2D eigenvalue weighted by molar-refractivity contribution is 7.80. The number of nitrogens with one attached hydrogen (secondary N) is 2. The molecule has 0 saturated heterocycles. The number of methoxy groups -OCH3 is 3. The van der Waals surface area contributed by atoms with E-state index in [0.717, 1.165) is 12.0 Å². The lowest BCUT2D eigenvalue weighted by atomic mass is 10.0. The van der Waals surface area contributed by atoms with Crippen molar-refractivity contribution in [2.75, 3.05) is 26.6 Å². The third kappa shape index (κ3) is 5.34. The van der Waals surface area contributed by atoms with E-state index in [-0.39, 0.29) is 6.04 Å². The van der Waals surface area contributed by atoms with Crippen molar-refractivity contribution in [3.63, 3.8) is 0 Å². The zero-order valence-corrected chi connectivity index (χ0v) is 16.7. The van der Waals surface area contributed by atoms with Crippen LogP contribution in [0.3, 0.4) is 0 Å². The Balaban J connectivity index is 2.10. The molecule has 0 amide bonds. The molecule has 2 aromatic rings. The van der Waals surface area contributed by atoms with E-state index in [4.69, 9.17) is 26.4 Å². The van der Waals surface area contributed by atoms with Crippen molar-refractivity contribution in [1.82, 2.24) is 5.32 Å². The quantitative estimate of drug-likeness (QED) is 0.550. The van der Waals surface area contributed by atoms with Gasteiger partial charge in [-0.05, 0) is 54.5 Å². The van der Waals surface area contributed by atoms with Gasteiger partial charge in [-0.3, -0.25) is 0 Å². The van der Waals surface area contributed by atoms with Gasteiger partial charge < -0.3 is 24.8 Å². The number of rotatable bonds is 7. The first-order valence-electron chi connectivity index (χ1n) is 8.50. The maximum atomic E-state index is 11.7. The van der Waals surface area contributed by atoms with Gasteiger partial charge in [0.2, 0.25) is 0 Å². The van der Waals surface area contributed by atoms with E-state index in [1.54, 1.807) is 32.4 Å². The minimum Gasteiger partial charge on any atom is -0.493 e. The van der Waals surface area contributed by atoms with E-state index in [2.05, 4.69) is 17.6 Å². The molecule has 27 heavy (non-hydrogen) atoms. The molecule has 0 radical (unpaired) electrons. The Hall–Kier alpha value is -2.80. The summed E-state index contributed by atoms with van der Waals surface area (Å²) >= 11 is 5.43. The summed E-state index contributed by atoms with van der Waals surface area (Å²) in [6.07, 6.45) is 0.819. The van der Waals surface area contributed by atoms with Crippen molar-refractivity contribution < 1.29 is 19.0 Å². The van der Waals surface area contributed by atoms with Crippen molar-refractivity contribution in [1.29, 1.82) is 0 Å². The number of esters is 1. The van der Waals surface area contributed by atoms with Crippen molar-refractivity contribution in [2.24, 2.45) is 0 Å². The number of anilines is 1. The van der Waals surface area contributed by atoms with Crippen molar-refractivity contribution >= 4 is 29.0 Å². The fourth-order valence-electron chi connectivity index (χ4n) is 2.66. The lowest BCUT2D eigenvalue weighted by Gasteiger charge is -2.21. The lowest BCUT2D eigenvalue weighted by Crippen LogP contribution is -2.32. The van der Waals surface area contributed by atoms with Crippen LogP contribution in [0.1, 0.15) is 35.3 Å². The third-order valence-electron chi connectivity index (χ3n) is 4.07. The second-order valence-electron chi connectivity index (χ2n) is 5.75. The first-order chi connectivity index (χ1) is 13.0. The molecule has 0 aliphatic carbocycles. The highest BCUT2D eigenvalue weighted by Gasteiger charge is 2.14. The molecule has 7 heteroatoms. The molecule has 0 aliphatic heterocycles. The summed E-state index contributed by atoms with van der Waals surface area (Å²) in [6, 6.07) is 12.7. The van der Waals surface area contributed by atoms with Crippen LogP contribution in [0.5, 0.6) is 11.5 Å². The summed E-state index contributed by atoms with van der Waals surface area (Å²) in [5.74, 6) is 0.950. The average molecular weight is 388 g/mol. The number of ether oxygens (including phenoxy) is 3. The molecule has 6 nitrogen and oxygen atoms in total. The lowest BCUT2D eigenvalue weighted by molar-refractivity contribution is 0.0601. The van der Waals surface area contributed by atoms with E-state index < -0.39 is 5.97 Å². The number of carbonyl (C=O) groups is 1. The number of hydrogen-bond donors (Lipinski definition) is 2. The Morgan fingerprint density at radius 1 is 1.07 bits per heavy atom. The van der Waals surface area contributed by atoms with E-state index in [1.807, 2.05) is 24.3 Å². The Kier molecular flexibility index (Phi) is 7.43. The molecule has 0 fully saturated rings. The first-order valence-corrected chi connectivity index (χ1v) is 8.91. The van der Waals surface area contributed by atoms with Gasteiger partial charge in [0.15, 0.2) is 16.6 Å². The van der Waals surface area contributed by atoms with E-state index in [9.17, 15) is 4.79 Å². The van der Waals surface area contributed by atoms with Gasteiger partial charge >= 0.3 is 5.97 Å². The van der Waals surface area contributed by atoms with Crippen LogP contribution in [0.25, 0.3) is 0 Å². The number of thiocarbonyl (C=S) groups is 1. The zero-order chi connectivity index (χ0) is 19.8. The standard InChI is InChI=1S/C20H24N2O4S/c1-5-16(13-9-10-17(24-2)18(12-13)25-3)22-20(27)21-15-8-6-7-14(11-15)19(23)26-4/h6-12,16H,5H2,1-4H3,(H2,21,22,27)/t16-/m1/s1. The monoisotopic (exact) mass is 388 g/mol. The largest absolute Gasteiger partial charge is 0.493 e. The SMILES string of the molecule is CC[C@@H](NC(=S)Nc1cccc(C(=O)OC)c1)c1ccc(OC)c(OC)c1. The van der Waals surface area contributed by atoms with Crippen molar-refractivity contribution in [3.05, 3.63) is 53.6 Å². The summed E-state index contributed by atoms with van der Waals surface area (Å²) in [4.78, 5) is 11.7. The highest BCUT2D eigenvalue weighted by Crippen LogP contribution is 2.30. The van der Waals surface area contributed by atoms with Gasteiger partial charge in [-0.2, -0.15) is 0 Å². The van der Waals surface area contributed by atoms with Crippen molar-refractivity contribution in [3.8, 4) is 11.5 Å². The number of carbonyl (C=O) groups excluding carboxylic acids is 1. The maximum absolute atomic E-state index is 11.7. The van der Waals surface area contributed by atoms with Gasteiger partial charge in [-0.15, -0.1) is 0 Å². The third-order valence-corrected chi connectivity index (χ3v) is 4.28. The normalized spacial score (nSPS) is 11.3. The van der Waals surface area contributed by atoms with Crippen LogP contribution >= 0.6 is 12.2 Å². The van der Waals surface area contributed by atoms with Gasteiger partial charge in [0, 0.05) is 5.69 Å². The fraction of sp³-hybridized carbons (Fsp3) is 0.300. The van der Waals surface area contributed by atoms with Crippen LogP contribution in [0.2, 0.25) is 0 Å². The predicted molar refractivity (Wildman–Crippen MR) is 110 cm³/mol. The topological polar surface area (TPSA) is 68.8 Å². The van der Waals surface area contributed by atoms with Crippen LogP contribution in [0.4, 0.5) is 5.69 Å². The van der Waals surface area contributed by atoms with Gasteiger partial charge in [0.25, 0.3) is 0 Å². The Morgan fingerprint density at radius 2 is 1.81 bits per heavy atom. The molecule has 2 aromatic carbocycles. The molecule has 144 valence electrons. The summed E-state index contributed by atoms with van der Waals surface area (Å²) in [6.45, 7) is 2.06. The molecule has 0 aromatic heterocycles. The minimum atomic E-state index is -0.394. The molecular formula is C20H24N2O4S. The summed E-state index contributed by atoms with van der Waals surface area (Å²) in [5.41, 5.74) is 2.19. The van der Waals surface area contributed by atoms with E-state index >= 15 is 0 Å². The Bertz CT molecular complexity index is 810. The van der Waals surface area contributed by atoms with Crippen LogP contribution in [0, 0.1) is 0 Å². The molecule has 1 atom stereocenters. The zero-order valence-electron chi connectivity index (χ0n) is 15.9. The molecule has 0 saturated carbocycles. The molecule has 0 aliphatic rings. The predicted octanol–water partition coefficient (Wildman–Crippen LogP) is 3.93. The summed E-state index contributed by atoms with van der Waals surface area (Å²) < 4.78 is 15.4. The van der Waals surface area contributed by atoms with Gasteiger partial charge in [0.05, 0.1) is 32.9 Å². The van der Waals surface area contributed by atoms with Crippen molar-refractivity contribution in [2.45, 2.75) is 19.4 Å². The second-order valence-corrected chi connectivity index (χ2v) is 6.15. The van der Waals surface area contributed by atoms with E-state index in [1.165, 1.54) is 7.11 Å². The average Bonchev–Trinajstić information content (AvgIpc) is 2.70. The molecule has 2 N–H and O–H groups in total. The number of benzene rings is 2. The minimum absolute atomic E-state index is 0.00593. The maximum Gasteiger partial charge on any atom is 0.337 e. The first kappa shape index (κ1) is 20.5. The molecule has 0 bridgehead atoms. The van der Waals surface area contributed by atoms with Crippen LogP contribution in [-0.4, -0.2) is 32.4 Å².